The zero-order chi connectivity index (χ0) is 12.5. The number of nitrogens with one attached hydrogen (secondary N) is 1. The van der Waals surface area contributed by atoms with Crippen molar-refractivity contribution in [1.82, 2.24) is 5.32 Å². The maximum atomic E-state index is 9.66. The lowest BCUT2D eigenvalue weighted by atomic mass is 10.1. The van der Waals surface area contributed by atoms with Crippen LogP contribution in [0, 0.1) is 5.92 Å². The average Bonchev–Trinajstić information content (AvgIpc) is 2.77. The highest BCUT2D eigenvalue weighted by molar-refractivity contribution is 7.09. The molecule has 0 saturated heterocycles. The van der Waals surface area contributed by atoms with Crippen LogP contribution < -0.4 is 5.32 Å². The van der Waals surface area contributed by atoms with Crippen LogP contribution in [0.1, 0.15) is 25.1 Å². The van der Waals surface area contributed by atoms with Crippen molar-refractivity contribution >= 4 is 11.3 Å². The maximum Gasteiger partial charge on any atom is 0.0897 e. The third kappa shape index (κ3) is 7.49. The van der Waals surface area contributed by atoms with Crippen LogP contribution in [0.5, 0.6) is 0 Å². The molecule has 0 radical (unpaired) electrons. The monoisotopic (exact) mass is 257 g/mol. The van der Waals surface area contributed by atoms with E-state index in [0.717, 1.165) is 13.0 Å². The molecule has 98 valence electrons. The lowest BCUT2D eigenvalue weighted by Crippen LogP contribution is -2.31. The van der Waals surface area contributed by atoms with Crippen molar-refractivity contribution in [2.24, 2.45) is 5.92 Å². The minimum Gasteiger partial charge on any atom is -0.389 e. The van der Waals surface area contributed by atoms with Crippen LogP contribution in [0.3, 0.4) is 0 Å². The Morgan fingerprint density at radius 1 is 1.47 bits per heavy atom. The highest BCUT2D eigenvalue weighted by Gasteiger charge is 2.04. The molecule has 0 aromatic carbocycles. The molecule has 0 aliphatic carbocycles. The minimum atomic E-state index is -0.415. The third-order valence-electron chi connectivity index (χ3n) is 2.41. The van der Waals surface area contributed by atoms with E-state index in [4.69, 9.17) is 4.74 Å². The van der Waals surface area contributed by atoms with Gasteiger partial charge < -0.3 is 15.2 Å². The van der Waals surface area contributed by atoms with Gasteiger partial charge in [-0.15, -0.1) is 11.3 Å². The van der Waals surface area contributed by atoms with E-state index in [-0.39, 0.29) is 0 Å². The van der Waals surface area contributed by atoms with Crippen LogP contribution in [0.25, 0.3) is 0 Å². The summed E-state index contributed by atoms with van der Waals surface area (Å²) in [7, 11) is 0. The van der Waals surface area contributed by atoms with Gasteiger partial charge in [-0.1, -0.05) is 19.9 Å². The Kier molecular flexibility index (Phi) is 7.44. The molecule has 1 rings (SSSR count). The Balaban J connectivity index is 1.96. The Bertz CT molecular complexity index is 275. The second kappa shape index (κ2) is 8.64. The van der Waals surface area contributed by atoms with Crippen LogP contribution in [0.4, 0.5) is 0 Å². The number of thiophene rings is 1. The van der Waals surface area contributed by atoms with Gasteiger partial charge in [0, 0.05) is 11.4 Å². The molecule has 1 aromatic heterocycles. The molecule has 1 heterocycles. The largest absolute Gasteiger partial charge is 0.389 e. The maximum absolute atomic E-state index is 9.66. The fourth-order valence-corrected chi connectivity index (χ4v) is 2.05. The number of hydrogen-bond acceptors (Lipinski definition) is 4. The first kappa shape index (κ1) is 14.6. The minimum absolute atomic E-state index is 0.395. The standard InChI is InChI=1S/C13H23NO2S/c1-11(2)5-6-14-8-12(15)9-16-10-13-4-3-7-17-13/h3-4,7,11-12,14-15H,5-6,8-10H2,1-2H3. The van der Waals surface area contributed by atoms with Gasteiger partial charge in [0.25, 0.3) is 0 Å². The molecular weight excluding hydrogens is 234 g/mol. The molecule has 1 atom stereocenters. The lowest BCUT2D eigenvalue weighted by molar-refractivity contribution is 0.0298. The van der Waals surface area contributed by atoms with Crippen LogP contribution in [0.2, 0.25) is 0 Å². The molecule has 0 saturated carbocycles. The molecule has 4 heteroatoms. The second-order valence-electron chi connectivity index (χ2n) is 4.63. The van der Waals surface area contributed by atoms with Gasteiger partial charge in [-0.2, -0.15) is 0 Å². The molecule has 0 spiro atoms. The first-order valence-corrected chi connectivity index (χ1v) is 7.05. The fourth-order valence-electron chi connectivity index (χ4n) is 1.41. The first-order chi connectivity index (χ1) is 8.18. The van der Waals surface area contributed by atoms with E-state index in [0.29, 0.717) is 25.7 Å². The van der Waals surface area contributed by atoms with Crippen molar-refractivity contribution in [2.45, 2.75) is 33.0 Å². The Labute approximate surface area is 108 Å². The van der Waals surface area contributed by atoms with Gasteiger partial charge in [-0.25, -0.2) is 0 Å². The highest BCUT2D eigenvalue weighted by Crippen LogP contribution is 2.09. The van der Waals surface area contributed by atoms with Gasteiger partial charge in [-0.05, 0) is 30.3 Å². The van der Waals surface area contributed by atoms with Crippen LogP contribution >= 0.6 is 11.3 Å². The molecular formula is C13H23NO2S. The van der Waals surface area contributed by atoms with Gasteiger partial charge >= 0.3 is 0 Å². The zero-order valence-electron chi connectivity index (χ0n) is 10.7. The van der Waals surface area contributed by atoms with E-state index < -0.39 is 6.10 Å². The van der Waals surface area contributed by atoms with Crippen LogP contribution in [-0.4, -0.2) is 30.9 Å². The van der Waals surface area contributed by atoms with E-state index in [1.807, 2.05) is 17.5 Å². The Morgan fingerprint density at radius 2 is 2.29 bits per heavy atom. The van der Waals surface area contributed by atoms with E-state index >= 15 is 0 Å². The summed E-state index contributed by atoms with van der Waals surface area (Å²) in [4.78, 5) is 1.20. The molecule has 0 bridgehead atoms. The van der Waals surface area contributed by atoms with Crippen molar-refractivity contribution in [3.63, 3.8) is 0 Å². The van der Waals surface area contributed by atoms with E-state index in [1.165, 1.54) is 4.88 Å². The smallest absolute Gasteiger partial charge is 0.0897 e. The summed E-state index contributed by atoms with van der Waals surface area (Å²) in [6, 6.07) is 4.05. The Hall–Kier alpha value is -0.420. The van der Waals surface area contributed by atoms with Crippen molar-refractivity contribution in [1.29, 1.82) is 0 Å². The summed E-state index contributed by atoms with van der Waals surface area (Å²) in [6.45, 7) is 6.95. The van der Waals surface area contributed by atoms with Gasteiger partial charge in [0.05, 0.1) is 19.3 Å². The van der Waals surface area contributed by atoms with E-state index in [9.17, 15) is 5.11 Å². The predicted molar refractivity (Wildman–Crippen MR) is 72.3 cm³/mol. The summed E-state index contributed by atoms with van der Waals surface area (Å²) in [6.07, 6.45) is 0.727. The lowest BCUT2D eigenvalue weighted by Gasteiger charge is -2.12. The van der Waals surface area contributed by atoms with E-state index in [2.05, 4.69) is 19.2 Å². The SMILES string of the molecule is CC(C)CCNCC(O)COCc1cccs1. The fraction of sp³-hybridized carbons (Fsp3) is 0.692. The number of hydrogen-bond donors (Lipinski definition) is 2. The summed E-state index contributed by atoms with van der Waals surface area (Å²) < 4.78 is 5.44. The van der Waals surface area contributed by atoms with Crippen molar-refractivity contribution in [3.8, 4) is 0 Å². The predicted octanol–water partition coefficient (Wildman–Crippen LogP) is 2.26. The Morgan fingerprint density at radius 3 is 2.94 bits per heavy atom. The van der Waals surface area contributed by atoms with Gasteiger partial charge in [0.15, 0.2) is 0 Å². The number of rotatable bonds is 9. The zero-order valence-corrected chi connectivity index (χ0v) is 11.5. The molecule has 1 aromatic rings. The number of aliphatic hydroxyl groups excluding tert-OH is 1. The normalized spacial score (nSPS) is 13.2. The topological polar surface area (TPSA) is 41.5 Å². The molecule has 0 amide bonds. The number of ether oxygens (including phenoxy) is 1. The summed E-state index contributed by atoms with van der Waals surface area (Å²) in [5, 5.41) is 14.9. The van der Waals surface area contributed by atoms with Gasteiger partial charge in [0.1, 0.15) is 0 Å². The number of aliphatic hydroxyl groups is 1. The molecule has 1 unspecified atom stereocenters. The van der Waals surface area contributed by atoms with E-state index in [1.54, 1.807) is 11.3 Å². The third-order valence-corrected chi connectivity index (χ3v) is 3.26. The molecule has 0 fully saturated rings. The van der Waals surface area contributed by atoms with Crippen molar-refractivity contribution < 1.29 is 9.84 Å². The van der Waals surface area contributed by atoms with Gasteiger partial charge in [-0.3, -0.25) is 0 Å². The average molecular weight is 257 g/mol. The molecule has 17 heavy (non-hydrogen) atoms. The summed E-state index contributed by atoms with van der Waals surface area (Å²) >= 11 is 1.68. The highest BCUT2D eigenvalue weighted by atomic mass is 32.1. The summed E-state index contributed by atoms with van der Waals surface area (Å²) in [5.41, 5.74) is 0. The van der Waals surface area contributed by atoms with Crippen LogP contribution in [-0.2, 0) is 11.3 Å². The molecule has 0 aliphatic rings. The quantitative estimate of drug-likeness (QED) is 0.667. The molecule has 3 nitrogen and oxygen atoms in total. The molecule has 0 aliphatic heterocycles. The van der Waals surface area contributed by atoms with Crippen molar-refractivity contribution in [3.05, 3.63) is 22.4 Å². The van der Waals surface area contributed by atoms with Crippen molar-refractivity contribution in [2.75, 3.05) is 19.7 Å². The first-order valence-electron chi connectivity index (χ1n) is 6.17. The molecule has 2 N–H and O–H groups in total. The van der Waals surface area contributed by atoms with Gasteiger partial charge in [0.2, 0.25) is 0 Å². The van der Waals surface area contributed by atoms with Crippen LogP contribution in [0.15, 0.2) is 17.5 Å². The summed E-state index contributed by atoms with van der Waals surface area (Å²) in [5.74, 6) is 0.703. The second-order valence-corrected chi connectivity index (χ2v) is 5.67.